The van der Waals surface area contributed by atoms with Crippen LogP contribution in [0.3, 0.4) is 0 Å². The SMILES string of the molecule is O=S(=O)(O)CC(S)CCS. The number of rotatable bonds is 4. The van der Waals surface area contributed by atoms with Crippen molar-refractivity contribution in [3.8, 4) is 0 Å². The maximum absolute atomic E-state index is 10.2. The molecule has 0 amide bonds. The first-order chi connectivity index (χ1) is 4.45. The maximum atomic E-state index is 10.2. The summed E-state index contributed by atoms with van der Waals surface area (Å²) in [5, 5.41) is -0.313. The molecule has 0 aliphatic carbocycles. The lowest BCUT2D eigenvalue weighted by Gasteiger charge is -2.04. The largest absolute Gasteiger partial charge is 0.286 e. The second-order valence-electron chi connectivity index (χ2n) is 1.91. The Morgan fingerprint density at radius 3 is 2.30 bits per heavy atom. The van der Waals surface area contributed by atoms with E-state index in [1.54, 1.807) is 0 Å². The van der Waals surface area contributed by atoms with E-state index in [9.17, 15) is 8.42 Å². The Labute approximate surface area is 71.8 Å². The Morgan fingerprint density at radius 1 is 1.50 bits per heavy atom. The summed E-state index contributed by atoms with van der Waals surface area (Å²) in [4.78, 5) is 0. The summed E-state index contributed by atoms with van der Waals surface area (Å²) >= 11 is 7.80. The first-order valence-corrected chi connectivity index (χ1v) is 5.45. The molecule has 0 heterocycles. The third kappa shape index (κ3) is 6.73. The molecule has 0 fully saturated rings. The van der Waals surface area contributed by atoms with E-state index in [0.29, 0.717) is 12.2 Å². The fourth-order valence-electron chi connectivity index (χ4n) is 0.475. The van der Waals surface area contributed by atoms with Crippen LogP contribution in [-0.4, -0.2) is 29.7 Å². The Hall–Kier alpha value is 0.610. The average Bonchev–Trinajstić information content (AvgIpc) is 1.59. The summed E-state index contributed by atoms with van der Waals surface area (Å²) in [5.74, 6) is 0.278. The van der Waals surface area contributed by atoms with Gasteiger partial charge in [-0.25, -0.2) is 0 Å². The molecule has 1 atom stereocenters. The third-order valence-corrected chi connectivity index (χ3v) is 2.63. The zero-order valence-electron chi connectivity index (χ0n) is 5.27. The Balaban J connectivity index is 3.69. The van der Waals surface area contributed by atoms with Crippen molar-refractivity contribution in [3.63, 3.8) is 0 Å². The van der Waals surface area contributed by atoms with Crippen LogP contribution in [0.2, 0.25) is 0 Å². The quantitative estimate of drug-likeness (QED) is 0.459. The van der Waals surface area contributed by atoms with Crippen molar-refractivity contribution in [3.05, 3.63) is 0 Å². The molecule has 1 unspecified atom stereocenters. The number of hydrogen-bond acceptors (Lipinski definition) is 4. The van der Waals surface area contributed by atoms with Gasteiger partial charge in [-0.2, -0.15) is 33.7 Å². The minimum atomic E-state index is -3.86. The van der Waals surface area contributed by atoms with Crippen LogP contribution >= 0.6 is 25.3 Å². The lowest BCUT2D eigenvalue weighted by atomic mass is 10.4. The summed E-state index contributed by atoms with van der Waals surface area (Å²) in [7, 11) is -3.86. The highest BCUT2D eigenvalue weighted by Gasteiger charge is 2.11. The minimum Gasteiger partial charge on any atom is -0.286 e. The van der Waals surface area contributed by atoms with Crippen LogP contribution in [0.15, 0.2) is 0 Å². The van der Waals surface area contributed by atoms with E-state index in [0.717, 1.165) is 0 Å². The standard InChI is InChI=1S/C4H10O3S3/c5-10(6,7)3-4(9)1-2-8/h4,8-9H,1-3H2,(H,5,6,7). The van der Waals surface area contributed by atoms with Crippen molar-refractivity contribution in [2.45, 2.75) is 11.7 Å². The molecular formula is C4H10O3S3. The van der Waals surface area contributed by atoms with Gasteiger partial charge in [0.15, 0.2) is 0 Å². The molecule has 3 nitrogen and oxygen atoms in total. The van der Waals surface area contributed by atoms with Gasteiger partial charge in [0.2, 0.25) is 0 Å². The van der Waals surface area contributed by atoms with E-state index in [1.165, 1.54) is 0 Å². The van der Waals surface area contributed by atoms with Crippen molar-refractivity contribution in [2.75, 3.05) is 11.5 Å². The zero-order chi connectivity index (χ0) is 8.20. The predicted molar refractivity (Wildman–Crippen MR) is 47.7 cm³/mol. The molecule has 62 valence electrons. The molecule has 1 N–H and O–H groups in total. The molecule has 0 spiro atoms. The lowest BCUT2D eigenvalue weighted by molar-refractivity contribution is 0.481. The van der Waals surface area contributed by atoms with Gasteiger partial charge in [0.25, 0.3) is 10.1 Å². The van der Waals surface area contributed by atoms with Gasteiger partial charge < -0.3 is 0 Å². The van der Waals surface area contributed by atoms with Crippen LogP contribution in [0.1, 0.15) is 6.42 Å². The minimum absolute atomic E-state index is 0.295. The van der Waals surface area contributed by atoms with Gasteiger partial charge >= 0.3 is 0 Å². The molecule has 0 bridgehead atoms. The summed E-state index contributed by atoms with van der Waals surface area (Å²) in [5.41, 5.74) is 0. The van der Waals surface area contributed by atoms with Crippen molar-refractivity contribution in [1.82, 2.24) is 0 Å². The smallest absolute Gasteiger partial charge is 0.265 e. The summed E-state index contributed by atoms with van der Waals surface area (Å²) in [6, 6.07) is 0. The van der Waals surface area contributed by atoms with Crippen molar-refractivity contribution in [2.24, 2.45) is 0 Å². The molecule has 0 aromatic carbocycles. The molecule has 0 rings (SSSR count). The van der Waals surface area contributed by atoms with Gasteiger partial charge in [0.1, 0.15) is 0 Å². The fourth-order valence-corrected chi connectivity index (χ4v) is 2.34. The van der Waals surface area contributed by atoms with E-state index in [1.807, 2.05) is 0 Å². The van der Waals surface area contributed by atoms with Crippen LogP contribution in [-0.2, 0) is 10.1 Å². The molecule has 0 aromatic heterocycles. The first kappa shape index (κ1) is 10.6. The van der Waals surface area contributed by atoms with E-state index < -0.39 is 10.1 Å². The number of hydrogen-bond donors (Lipinski definition) is 3. The van der Waals surface area contributed by atoms with Crippen molar-refractivity contribution in [1.29, 1.82) is 0 Å². The second kappa shape index (κ2) is 4.48. The normalized spacial score (nSPS) is 15.1. The maximum Gasteiger partial charge on any atom is 0.265 e. The molecule has 0 aromatic rings. The fraction of sp³-hybridized carbons (Fsp3) is 1.00. The molecule has 10 heavy (non-hydrogen) atoms. The topological polar surface area (TPSA) is 54.4 Å². The molecule has 0 saturated heterocycles. The summed E-state index contributed by atoms with van der Waals surface area (Å²) in [6.45, 7) is 0. The molecule has 0 saturated carbocycles. The first-order valence-electron chi connectivity index (χ1n) is 2.70. The Kier molecular flexibility index (Phi) is 4.75. The Bertz CT molecular complexity index is 174. The molecule has 0 aliphatic heterocycles. The van der Waals surface area contributed by atoms with Crippen LogP contribution in [0, 0.1) is 0 Å². The van der Waals surface area contributed by atoms with Gasteiger partial charge in [-0.3, -0.25) is 4.55 Å². The van der Waals surface area contributed by atoms with E-state index >= 15 is 0 Å². The number of thiol groups is 2. The molecular weight excluding hydrogens is 192 g/mol. The van der Waals surface area contributed by atoms with Gasteiger partial charge in [-0.15, -0.1) is 0 Å². The Morgan fingerprint density at radius 2 is 2.00 bits per heavy atom. The van der Waals surface area contributed by atoms with Gasteiger partial charge in [0.05, 0.1) is 5.75 Å². The van der Waals surface area contributed by atoms with E-state index in [-0.39, 0.29) is 11.0 Å². The average molecular weight is 202 g/mol. The summed E-state index contributed by atoms with van der Waals surface area (Å²) < 4.78 is 28.7. The van der Waals surface area contributed by atoms with E-state index in [4.69, 9.17) is 4.55 Å². The van der Waals surface area contributed by atoms with Crippen molar-refractivity contribution >= 4 is 35.4 Å². The lowest BCUT2D eigenvalue weighted by Crippen LogP contribution is -2.15. The van der Waals surface area contributed by atoms with Gasteiger partial charge in [-0.1, -0.05) is 0 Å². The zero-order valence-corrected chi connectivity index (χ0v) is 7.87. The second-order valence-corrected chi connectivity index (χ2v) is 4.59. The highest BCUT2D eigenvalue weighted by Crippen LogP contribution is 2.04. The molecule has 0 radical (unpaired) electrons. The summed E-state index contributed by atoms with van der Waals surface area (Å²) in [6.07, 6.45) is 0.575. The van der Waals surface area contributed by atoms with E-state index in [2.05, 4.69) is 25.3 Å². The van der Waals surface area contributed by atoms with Crippen LogP contribution in [0.4, 0.5) is 0 Å². The van der Waals surface area contributed by atoms with Crippen LogP contribution < -0.4 is 0 Å². The molecule has 6 heteroatoms. The van der Waals surface area contributed by atoms with Gasteiger partial charge in [-0.05, 0) is 12.2 Å². The molecule has 0 aliphatic rings. The highest BCUT2D eigenvalue weighted by atomic mass is 32.2. The predicted octanol–water partition coefficient (Wildman–Crippen LogP) is 0.492. The van der Waals surface area contributed by atoms with Gasteiger partial charge in [0, 0.05) is 5.25 Å². The van der Waals surface area contributed by atoms with Crippen LogP contribution in [0.25, 0.3) is 0 Å². The highest BCUT2D eigenvalue weighted by molar-refractivity contribution is 7.88. The monoisotopic (exact) mass is 202 g/mol. The van der Waals surface area contributed by atoms with Crippen molar-refractivity contribution < 1.29 is 13.0 Å². The van der Waals surface area contributed by atoms with Crippen LogP contribution in [0.5, 0.6) is 0 Å². The third-order valence-electron chi connectivity index (χ3n) is 0.865.